The Morgan fingerprint density at radius 1 is 1.53 bits per heavy atom. The van der Waals surface area contributed by atoms with Crippen LogP contribution < -0.4 is 0 Å². The van der Waals surface area contributed by atoms with Gasteiger partial charge in [0.15, 0.2) is 0 Å². The highest BCUT2D eigenvalue weighted by Gasteiger charge is 2.13. The van der Waals surface area contributed by atoms with Gasteiger partial charge in [-0.3, -0.25) is 0 Å². The predicted octanol–water partition coefficient (Wildman–Crippen LogP) is 2.88. The quantitative estimate of drug-likeness (QED) is 0.566. The molecule has 0 unspecified atom stereocenters. The van der Waals surface area contributed by atoms with E-state index in [9.17, 15) is 4.79 Å². The van der Waals surface area contributed by atoms with Gasteiger partial charge < -0.3 is 9.15 Å². The fraction of sp³-hybridized carbons (Fsp3) is 0.417. The Kier molecular flexibility index (Phi) is 3.72. The van der Waals surface area contributed by atoms with Crippen LogP contribution in [-0.4, -0.2) is 13.1 Å². The first-order chi connectivity index (χ1) is 7.04. The Balaban J connectivity index is 2.87. The molecule has 0 saturated heterocycles. The van der Waals surface area contributed by atoms with E-state index in [1.54, 1.807) is 6.07 Å². The number of allylic oxidation sites excluding steroid dienone is 2. The minimum absolute atomic E-state index is 0.271. The third-order valence-corrected chi connectivity index (χ3v) is 2.10. The summed E-state index contributed by atoms with van der Waals surface area (Å²) in [4.78, 5) is 11.2. The molecule has 1 heterocycles. The number of furan rings is 1. The molecule has 3 heteroatoms. The van der Waals surface area contributed by atoms with Crippen molar-refractivity contribution in [3.8, 4) is 0 Å². The lowest BCUT2D eigenvalue weighted by atomic mass is 10.2. The lowest BCUT2D eigenvalue weighted by molar-refractivity contribution is 0.0563. The first kappa shape index (κ1) is 11.6. The van der Waals surface area contributed by atoms with Crippen molar-refractivity contribution in [1.82, 2.24) is 0 Å². The zero-order valence-electron chi connectivity index (χ0n) is 9.59. The molecule has 0 aliphatic carbocycles. The number of hydrogen-bond acceptors (Lipinski definition) is 3. The molecule has 0 atom stereocenters. The molecule has 0 spiro atoms. The SMILES string of the molecule is COC(=O)c1cc(C)c(CC=C(C)C)o1. The van der Waals surface area contributed by atoms with Crippen LogP contribution >= 0.6 is 0 Å². The maximum atomic E-state index is 11.2. The van der Waals surface area contributed by atoms with Gasteiger partial charge in [-0.25, -0.2) is 4.79 Å². The molecule has 1 aromatic rings. The van der Waals surface area contributed by atoms with E-state index in [4.69, 9.17) is 4.42 Å². The summed E-state index contributed by atoms with van der Waals surface area (Å²) < 4.78 is 9.98. The number of ether oxygens (including phenoxy) is 1. The summed E-state index contributed by atoms with van der Waals surface area (Å²) in [6, 6.07) is 1.71. The highest BCUT2D eigenvalue weighted by molar-refractivity contribution is 5.86. The molecule has 0 aliphatic heterocycles. The Hall–Kier alpha value is -1.51. The zero-order valence-corrected chi connectivity index (χ0v) is 9.59. The van der Waals surface area contributed by atoms with Gasteiger partial charge in [0.2, 0.25) is 5.76 Å². The topological polar surface area (TPSA) is 39.4 Å². The van der Waals surface area contributed by atoms with E-state index in [0.29, 0.717) is 6.42 Å². The molecule has 0 N–H and O–H groups in total. The molecule has 0 bridgehead atoms. The largest absolute Gasteiger partial charge is 0.463 e. The van der Waals surface area contributed by atoms with E-state index in [1.807, 2.05) is 20.8 Å². The summed E-state index contributed by atoms with van der Waals surface area (Å²) in [5.41, 5.74) is 2.21. The van der Waals surface area contributed by atoms with Gasteiger partial charge in [0.05, 0.1) is 7.11 Å². The Bertz CT molecular complexity index is 382. The van der Waals surface area contributed by atoms with Gasteiger partial charge in [-0.15, -0.1) is 0 Å². The van der Waals surface area contributed by atoms with Gasteiger partial charge in [-0.2, -0.15) is 0 Å². The van der Waals surface area contributed by atoms with Crippen molar-refractivity contribution in [2.75, 3.05) is 7.11 Å². The molecule has 0 saturated carbocycles. The fourth-order valence-corrected chi connectivity index (χ4v) is 1.22. The second kappa shape index (κ2) is 4.82. The average molecular weight is 208 g/mol. The third-order valence-electron chi connectivity index (χ3n) is 2.10. The minimum Gasteiger partial charge on any atom is -0.463 e. The minimum atomic E-state index is -0.429. The van der Waals surface area contributed by atoms with E-state index >= 15 is 0 Å². The number of rotatable bonds is 3. The maximum absolute atomic E-state index is 11.2. The second-order valence-electron chi connectivity index (χ2n) is 3.69. The highest BCUT2D eigenvalue weighted by atomic mass is 16.5. The second-order valence-corrected chi connectivity index (χ2v) is 3.69. The van der Waals surface area contributed by atoms with Crippen molar-refractivity contribution in [2.24, 2.45) is 0 Å². The van der Waals surface area contributed by atoms with Gasteiger partial charge in [-0.05, 0) is 32.4 Å². The van der Waals surface area contributed by atoms with E-state index in [0.717, 1.165) is 11.3 Å². The van der Waals surface area contributed by atoms with Crippen molar-refractivity contribution in [1.29, 1.82) is 0 Å². The van der Waals surface area contributed by atoms with Crippen LogP contribution in [0.2, 0.25) is 0 Å². The number of carbonyl (C=O) groups excluding carboxylic acids is 1. The normalized spacial score (nSPS) is 9.87. The van der Waals surface area contributed by atoms with Gasteiger partial charge in [0, 0.05) is 6.42 Å². The lowest BCUT2D eigenvalue weighted by Gasteiger charge is -1.94. The molecule has 0 fully saturated rings. The molecule has 3 nitrogen and oxygen atoms in total. The van der Waals surface area contributed by atoms with Gasteiger partial charge in [0.25, 0.3) is 0 Å². The molecular weight excluding hydrogens is 192 g/mol. The van der Waals surface area contributed by atoms with E-state index < -0.39 is 5.97 Å². The Morgan fingerprint density at radius 3 is 2.73 bits per heavy atom. The van der Waals surface area contributed by atoms with Crippen LogP contribution in [0.1, 0.15) is 35.7 Å². The van der Waals surface area contributed by atoms with E-state index in [2.05, 4.69) is 10.8 Å². The molecule has 82 valence electrons. The van der Waals surface area contributed by atoms with E-state index in [1.165, 1.54) is 12.7 Å². The number of hydrogen-bond donors (Lipinski definition) is 0. The van der Waals surface area contributed by atoms with Crippen LogP contribution in [0.3, 0.4) is 0 Å². The molecule has 0 radical (unpaired) electrons. The third kappa shape index (κ3) is 2.98. The van der Waals surface area contributed by atoms with Crippen LogP contribution in [0.15, 0.2) is 22.1 Å². The summed E-state index contributed by atoms with van der Waals surface area (Å²) in [6.07, 6.45) is 2.78. The fourth-order valence-electron chi connectivity index (χ4n) is 1.22. The van der Waals surface area contributed by atoms with Gasteiger partial charge in [0.1, 0.15) is 5.76 Å². The van der Waals surface area contributed by atoms with Gasteiger partial charge in [-0.1, -0.05) is 11.6 Å². The molecule has 0 aliphatic rings. The van der Waals surface area contributed by atoms with Crippen LogP contribution in [0.25, 0.3) is 0 Å². The summed E-state index contributed by atoms with van der Waals surface area (Å²) in [7, 11) is 1.34. The predicted molar refractivity (Wildman–Crippen MR) is 57.9 cm³/mol. The van der Waals surface area contributed by atoms with Crippen molar-refractivity contribution >= 4 is 5.97 Å². The smallest absolute Gasteiger partial charge is 0.373 e. The van der Waals surface area contributed by atoms with Crippen LogP contribution in [-0.2, 0) is 11.2 Å². The molecule has 0 amide bonds. The van der Waals surface area contributed by atoms with Gasteiger partial charge >= 0.3 is 5.97 Å². The lowest BCUT2D eigenvalue weighted by Crippen LogP contribution is -1.98. The molecule has 0 aromatic carbocycles. The first-order valence-electron chi connectivity index (χ1n) is 4.85. The van der Waals surface area contributed by atoms with Crippen molar-refractivity contribution in [3.05, 3.63) is 34.8 Å². The molecule has 1 rings (SSSR count). The number of carbonyl (C=O) groups is 1. The van der Waals surface area contributed by atoms with E-state index in [-0.39, 0.29) is 5.76 Å². The summed E-state index contributed by atoms with van der Waals surface area (Å²) >= 11 is 0. The summed E-state index contributed by atoms with van der Waals surface area (Å²) in [5.74, 6) is 0.658. The number of methoxy groups -OCH3 is 1. The summed E-state index contributed by atoms with van der Waals surface area (Å²) in [5, 5.41) is 0. The highest BCUT2D eigenvalue weighted by Crippen LogP contribution is 2.16. The van der Waals surface area contributed by atoms with Crippen LogP contribution in [0.4, 0.5) is 0 Å². The van der Waals surface area contributed by atoms with Crippen molar-refractivity contribution in [3.63, 3.8) is 0 Å². The molecular formula is C12H16O3. The van der Waals surface area contributed by atoms with Crippen LogP contribution in [0.5, 0.6) is 0 Å². The summed E-state index contributed by atoms with van der Waals surface area (Å²) in [6.45, 7) is 5.98. The number of aryl methyl sites for hydroxylation is 1. The van der Waals surface area contributed by atoms with Crippen molar-refractivity contribution < 1.29 is 13.9 Å². The Morgan fingerprint density at radius 2 is 2.20 bits per heavy atom. The number of esters is 1. The zero-order chi connectivity index (χ0) is 11.4. The van der Waals surface area contributed by atoms with Crippen molar-refractivity contribution in [2.45, 2.75) is 27.2 Å². The average Bonchev–Trinajstić information content (AvgIpc) is 2.55. The maximum Gasteiger partial charge on any atom is 0.373 e. The van der Waals surface area contributed by atoms with Crippen LogP contribution in [0, 0.1) is 6.92 Å². The molecule has 1 aromatic heterocycles. The molecule has 15 heavy (non-hydrogen) atoms. The standard InChI is InChI=1S/C12H16O3/c1-8(2)5-6-10-9(3)7-11(15-10)12(13)14-4/h5,7H,6H2,1-4H3. The first-order valence-corrected chi connectivity index (χ1v) is 4.85. The Labute approximate surface area is 89.7 Å². The monoisotopic (exact) mass is 208 g/mol.